The van der Waals surface area contributed by atoms with Gasteiger partial charge in [-0.15, -0.1) is 0 Å². The van der Waals surface area contributed by atoms with E-state index in [4.69, 9.17) is 18.7 Å². The Morgan fingerprint density at radius 1 is 0.774 bits per heavy atom. The second kappa shape index (κ2) is 8.92. The third kappa shape index (κ3) is 4.53. The Bertz CT molecular complexity index is 1180. The lowest BCUT2D eigenvalue weighted by atomic mass is 10.1. The van der Waals surface area contributed by atoms with Crippen LogP contribution < -0.4 is 14.2 Å². The van der Waals surface area contributed by atoms with E-state index in [1.54, 1.807) is 14.2 Å². The summed E-state index contributed by atoms with van der Waals surface area (Å²) in [5.74, 6) is 2.95. The third-order valence-corrected chi connectivity index (χ3v) is 5.15. The van der Waals surface area contributed by atoms with E-state index in [1.165, 1.54) is 11.1 Å². The van der Waals surface area contributed by atoms with Crippen LogP contribution in [0.25, 0.3) is 22.8 Å². The molecule has 0 aliphatic carbocycles. The van der Waals surface area contributed by atoms with E-state index in [2.05, 4.69) is 42.2 Å². The van der Waals surface area contributed by atoms with Crippen LogP contribution in [0.15, 0.2) is 65.2 Å². The average Bonchev–Trinajstić information content (AvgIpc) is 3.30. The molecule has 0 aliphatic rings. The van der Waals surface area contributed by atoms with Gasteiger partial charge in [-0.2, -0.15) is 4.98 Å². The van der Waals surface area contributed by atoms with Gasteiger partial charge in [-0.05, 0) is 73.0 Å². The summed E-state index contributed by atoms with van der Waals surface area (Å²) in [5.41, 5.74) is 5.21. The molecule has 3 aromatic carbocycles. The molecule has 0 amide bonds. The molecule has 0 radical (unpaired) electrons. The first-order valence-electron chi connectivity index (χ1n) is 9.93. The van der Waals surface area contributed by atoms with Crippen LogP contribution in [0.3, 0.4) is 0 Å². The first-order valence-corrected chi connectivity index (χ1v) is 9.93. The second-order valence-corrected chi connectivity index (χ2v) is 7.22. The van der Waals surface area contributed by atoms with Crippen LogP contribution in [0.2, 0.25) is 0 Å². The Balaban J connectivity index is 1.52. The Hall–Kier alpha value is -3.80. The summed E-state index contributed by atoms with van der Waals surface area (Å²) in [5, 5.41) is 4.11. The maximum absolute atomic E-state index is 6.00. The highest BCUT2D eigenvalue weighted by molar-refractivity contribution is 5.63. The minimum Gasteiger partial charge on any atom is -0.497 e. The minimum atomic E-state index is 0.437. The fourth-order valence-electron chi connectivity index (χ4n) is 3.17. The van der Waals surface area contributed by atoms with E-state index in [0.717, 1.165) is 22.4 Å². The van der Waals surface area contributed by atoms with Gasteiger partial charge in [-0.25, -0.2) is 0 Å². The van der Waals surface area contributed by atoms with Crippen molar-refractivity contribution in [3.63, 3.8) is 0 Å². The standard InChI is InChI=1S/C25H24N2O4/c1-16-5-6-18(13-17(16)2)15-30-22-12-9-20(14-23(22)29-4)24-26-25(31-27-24)19-7-10-21(28-3)11-8-19/h5-14H,15H2,1-4H3. The number of aryl methyl sites for hydroxylation is 2. The number of aromatic nitrogens is 2. The number of rotatable bonds is 7. The van der Waals surface area contributed by atoms with Crippen LogP contribution in [0.5, 0.6) is 17.2 Å². The molecule has 0 saturated heterocycles. The molecule has 4 rings (SSSR count). The van der Waals surface area contributed by atoms with Crippen LogP contribution >= 0.6 is 0 Å². The van der Waals surface area contributed by atoms with E-state index in [9.17, 15) is 0 Å². The number of hydrogen-bond acceptors (Lipinski definition) is 6. The monoisotopic (exact) mass is 416 g/mol. The number of methoxy groups -OCH3 is 2. The number of ether oxygens (including phenoxy) is 3. The second-order valence-electron chi connectivity index (χ2n) is 7.22. The van der Waals surface area contributed by atoms with E-state index < -0.39 is 0 Å². The van der Waals surface area contributed by atoms with Crippen LogP contribution in [0, 0.1) is 13.8 Å². The van der Waals surface area contributed by atoms with Crippen molar-refractivity contribution >= 4 is 0 Å². The molecule has 0 saturated carbocycles. The zero-order valence-corrected chi connectivity index (χ0v) is 18.0. The predicted octanol–water partition coefficient (Wildman–Crippen LogP) is 5.62. The Kier molecular flexibility index (Phi) is 5.89. The van der Waals surface area contributed by atoms with Gasteiger partial charge in [0.2, 0.25) is 5.82 Å². The van der Waals surface area contributed by atoms with Crippen LogP contribution in [-0.4, -0.2) is 24.4 Å². The highest BCUT2D eigenvalue weighted by Crippen LogP contribution is 2.33. The Labute approximate surface area is 181 Å². The number of benzene rings is 3. The van der Waals surface area contributed by atoms with Gasteiger partial charge in [-0.3, -0.25) is 0 Å². The fourth-order valence-corrected chi connectivity index (χ4v) is 3.17. The van der Waals surface area contributed by atoms with E-state index >= 15 is 0 Å². The smallest absolute Gasteiger partial charge is 0.258 e. The van der Waals surface area contributed by atoms with Crippen molar-refractivity contribution < 1.29 is 18.7 Å². The molecule has 0 aliphatic heterocycles. The molecular weight excluding hydrogens is 392 g/mol. The molecule has 0 atom stereocenters. The molecule has 6 heteroatoms. The largest absolute Gasteiger partial charge is 0.497 e. The normalized spacial score (nSPS) is 10.7. The summed E-state index contributed by atoms with van der Waals surface area (Å²) in [6, 6.07) is 19.4. The summed E-state index contributed by atoms with van der Waals surface area (Å²) in [6.45, 7) is 4.65. The number of hydrogen-bond donors (Lipinski definition) is 0. The van der Waals surface area contributed by atoms with Crippen LogP contribution in [0.4, 0.5) is 0 Å². The highest BCUT2D eigenvalue weighted by atomic mass is 16.5. The molecule has 0 spiro atoms. The van der Waals surface area contributed by atoms with Gasteiger partial charge in [-0.1, -0.05) is 23.4 Å². The van der Waals surface area contributed by atoms with Gasteiger partial charge in [0, 0.05) is 11.1 Å². The molecule has 31 heavy (non-hydrogen) atoms. The molecule has 0 fully saturated rings. The third-order valence-electron chi connectivity index (χ3n) is 5.15. The first kappa shape index (κ1) is 20.5. The molecular formula is C25H24N2O4. The average molecular weight is 416 g/mol. The SMILES string of the molecule is COc1ccc(-c2nc(-c3ccc(OCc4ccc(C)c(C)c4)c(OC)c3)no2)cc1. The lowest BCUT2D eigenvalue weighted by Crippen LogP contribution is -1.99. The van der Waals surface area contributed by atoms with Gasteiger partial charge < -0.3 is 18.7 Å². The highest BCUT2D eigenvalue weighted by Gasteiger charge is 2.14. The van der Waals surface area contributed by atoms with Gasteiger partial charge >= 0.3 is 0 Å². The lowest BCUT2D eigenvalue weighted by molar-refractivity contribution is 0.284. The van der Waals surface area contributed by atoms with Gasteiger partial charge in [0.15, 0.2) is 11.5 Å². The van der Waals surface area contributed by atoms with E-state index in [1.807, 2.05) is 42.5 Å². The summed E-state index contributed by atoms with van der Waals surface area (Å²) >= 11 is 0. The van der Waals surface area contributed by atoms with Crippen molar-refractivity contribution in [2.24, 2.45) is 0 Å². The maximum Gasteiger partial charge on any atom is 0.258 e. The van der Waals surface area contributed by atoms with Gasteiger partial charge in [0.1, 0.15) is 12.4 Å². The van der Waals surface area contributed by atoms with Crippen molar-refractivity contribution in [3.05, 3.63) is 77.4 Å². The molecule has 0 N–H and O–H groups in total. The van der Waals surface area contributed by atoms with E-state index in [0.29, 0.717) is 29.8 Å². The lowest BCUT2D eigenvalue weighted by Gasteiger charge is -2.12. The Morgan fingerprint density at radius 3 is 2.26 bits per heavy atom. The van der Waals surface area contributed by atoms with Crippen LogP contribution in [-0.2, 0) is 6.61 Å². The summed E-state index contributed by atoms with van der Waals surface area (Å²) in [7, 11) is 3.24. The van der Waals surface area contributed by atoms with Crippen molar-refractivity contribution in [1.82, 2.24) is 10.1 Å². The van der Waals surface area contributed by atoms with Crippen molar-refractivity contribution in [1.29, 1.82) is 0 Å². The predicted molar refractivity (Wildman–Crippen MR) is 119 cm³/mol. The maximum atomic E-state index is 6.00. The fraction of sp³-hybridized carbons (Fsp3) is 0.200. The van der Waals surface area contributed by atoms with Gasteiger partial charge in [0.25, 0.3) is 5.89 Å². The van der Waals surface area contributed by atoms with Crippen molar-refractivity contribution in [3.8, 4) is 40.1 Å². The summed E-state index contributed by atoms with van der Waals surface area (Å²) in [4.78, 5) is 4.51. The topological polar surface area (TPSA) is 66.6 Å². The Morgan fingerprint density at radius 2 is 1.55 bits per heavy atom. The zero-order chi connectivity index (χ0) is 21.8. The molecule has 0 unspecified atom stereocenters. The molecule has 6 nitrogen and oxygen atoms in total. The quantitative estimate of drug-likeness (QED) is 0.390. The van der Waals surface area contributed by atoms with Crippen molar-refractivity contribution in [2.45, 2.75) is 20.5 Å². The summed E-state index contributed by atoms with van der Waals surface area (Å²) < 4.78 is 22.1. The summed E-state index contributed by atoms with van der Waals surface area (Å²) in [6.07, 6.45) is 0. The van der Waals surface area contributed by atoms with Crippen LogP contribution in [0.1, 0.15) is 16.7 Å². The molecule has 4 aromatic rings. The molecule has 0 bridgehead atoms. The molecule has 158 valence electrons. The molecule has 1 heterocycles. The molecule has 1 aromatic heterocycles. The zero-order valence-electron chi connectivity index (χ0n) is 18.0. The number of nitrogens with zero attached hydrogens (tertiary/aromatic N) is 2. The van der Waals surface area contributed by atoms with Gasteiger partial charge in [0.05, 0.1) is 14.2 Å². The van der Waals surface area contributed by atoms with E-state index in [-0.39, 0.29) is 0 Å². The van der Waals surface area contributed by atoms with Crippen molar-refractivity contribution in [2.75, 3.05) is 14.2 Å². The first-order chi connectivity index (χ1) is 15.1. The minimum absolute atomic E-state index is 0.437.